The number of benzene rings is 2. The molecular weight excluding hydrogens is 570 g/mol. The number of carbonyl (C=O) groups is 5. The molecule has 1 aliphatic heterocycles. The summed E-state index contributed by atoms with van der Waals surface area (Å²) in [6.45, 7) is 0.562. The molecule has 3 atom stereocenters. The smallest absolute Gasteiger partial charge is 0.337 e. The summed E-state index contributed by atoms with van der Waals surface area (Å²) < 4.78 is 9.50. The van der Waals surface area contributed by atoms with Crippen molar-refractivity contribution in [2.45, 2.75) is 50.2 Å². The first-order valence-electron chi connectivity index (χ1n) is 14.1. The number of nitrogens with zero attached hydrogens (tertiary/aromatic N) is 2. The molecule has 14 heteroatoms. The summed E-state index contributed by atoms with van der Waals surface area (Å²) in [7, 11) is 2.36. The van der Waals surface area contributed by atoms with Crippen LogP contribution >= 0.6 is 0 Å². The Morgan fingerprint density at radius 3 is 2.23 bits per heavy atom. The second-order valence-electron chi connectivity index (χ2n) is 10.3. The number of hydrogen-bond acceptors (Lipinski definition) is 9. The summed E-state index contributed by atoms with van der Waals surface area (Å²) in [5.41, 5.74) is 18.1. The fraction of sp³-hybridized carbons (Fsp3) is 0.400. The van der Waals surface area contributed by atoms with E-state index >= 15 is 0 Å². The molecule has 44 heavy (non-hydrogen) atoms. The molecule has 0 radical (unpaired) electrons. The van der Waals surface area contributed by atoms with E-state index in [0.717, 1.165) is 5.56 Å². The van der Waals surface area contributed by atoms with Gasteiger partial charge in [0.25, 0.3) is 0 Å². The average Bonchev–Trinajstić information content (AvgIpc) is 3.51. The number of carbonyl (C=O) groups excluding carboxylic acids is 5. The van der Waals surface area contributed by atoms with E-state index in [1.54, 1.807) is 0 Å². The first-order chi connectivity index (χ1) is 21.0. The number of esters is 2. The lowest BCUT2D eigenvalue weighted by atomic mass is 10.0. The Balaban J connectivity index is 1.78. The van der Waals surface area contributed by atoms with Crippen molar-refractivity contribution in [2.75, 3.05) is 32.6 Å². The van der Waals surface area contributed by atoms with Gasteiger partial charge < -0.3 is 42.2 Å². The molecular formula is C30H39N7O7. The van der Waals surface area contributed by atoms with Gasteiger partial charge in [0.1, 0.15) is 12.1 Å². The Morgan fingerprint density at radius 2 is 1.64 bits per heavy atom. The predicted octanol–water partition coefficient (Wildman–Crippen LogP) is 0.298. The summed E-state index contributed by atoms with van der Waals surface area (Å²) in [4.78, 5) is 70.0. The van der Waals surface area contributed by atoms with E-state index in [1.807, 2.05) is 30.3 Å². The molecule has 8 N–H and O–H groups in total. The molecule has 0 aliphatic carbocycles. The van der Waals surface area contributed by atoms with Gasteiger partial charge in [-0.3, -0.25) is 19.4 Å². The SMILES string of the molecule is COC(=O)c1cc(NC(=O)[C@H](CCCN=C(N)N)NC(=O)[C@@H]2CCCN2C(=O)[C@@H](N)Cc2ccccc2)cc(C(=O)OC)c1. The van der Waals surface area contributed by atoms with E-state index in [2.05, 4.69) is 15.6 Å². The number of nitrogens with one attached hydrogen (secondary N) is 2. The van der Waals surface area contributed by atoms with E-state index < -0.39 is 41.9 Å². The summed E-state index contributed by atoms with van der Waals surface area (Å²) in [5.74, 6) is -3.07. The van der Waals surface area contributed by atoms with Gasteiger partial charge in [-0.15, -0.1) is 0 Å². The van der Waals surface area contributed by atoms with Crippen molar-refractivity contribution in [1.29, 1.82) is 0 Å². The fourth-order valence-electron chi connectivity index (χ4n) is 4.91. The molecule has 1 aliphatic rings. The van der Waals surface area contributed by atoms with Crippen LogP contribution in [0.3, 0.4) is 0 Å². The van der Waals surface area contributed by atoms with Gasteiger partial charge in [0.15, 0.2) is 5.96 Å². The topological polar surface area (TPSA) is 222 Å². The van der Waals surface area contributed by atoms with E-state index in [0.29, 0.717) is 32.2 Å². The van der Waals surface area contributed by atoms with Gasteiger partial charge in [-0.1, -0.05) is 30.3 Å². The lowest BCUT2D eigenvalue weighted by Gasteiger charge is -2.28. The maximum Gasteiger partial charge on any atom is 0.337 e. The van der Waals surface area contributed by atoms with Crippen LogP contribution in [0.5, 0.6) is 0 Å². The summed E-state index contributed by atoms with van der Waals surface area (Å²) in [5, 5.41) is 5.41. The molecule has 2 aromatic carbocycles. The lowest BCUT2D eigenvalue weighted by molar-refractivity contribution is -0.140. The van der Waals surface area contributed by atoms with Crippen LogP contribution in [0, 0.1) is 0 Å². The molecule has 0 saturated carbocycles. The third-order valence-electron chi connectivity index (χ3n) is 7.08. The number of amides is 3. The number of methoxy groups -OCH3 is 2. The molecule has 1 saturated heterocycles. The molecule has 0 aromatic heterocycles. The second-order valence-corrected chi connectivity index (χ2v) is 10.3. The number of rotatable bonds is 13. The van der Waals surface area contributed by atoms with Crippen LogP contribution in [0.4, 0.5) is 5.69 Å². The average molecular weight is 610 g/mol. The third kappa shape index (κ3) is 9.26. The van der Waals surface area contributed by atoms with Crippen molar-refractivity contribution in [3.05, 3.63) is 65.2 Å². The number of likely N-dealkylation sites (tertiary alicyclic amines) is 1. The Bertz CT molecular complexity index is 1340. The summed E-state index contributed by atoms with van der Waals surface area (Å²) >= 11 is 0. The van der Waals surface area contributed by atoms with Crippen molar-refractivity contribution in [1.82, 2.24) is 10.2 Å². The van der Waals surface area contributed by atoms with Crippen molar-refractivity contribution in [2.24, 2.45) is 22.2 Å². The summed E-state index contributed by atoms with van der Waals surface area (Å²) in [6, 6.07) is 10.6. The van der Waals surface area contributed by atoms with E-state index in [1.165, 1.54) is 37.3 Å². The van der Waals surface area contributed by atoms with Crippen LogP contribution in [0.1, 0.15) is 52.0 Å². The molecule has 1 heterocycles. The number of guanidine groups is 1. The maximum atomic E-state index is 13.5. The first kappa shape index (κ1) is 33.5. The Morgan fingerprint density at radius 1 is 1.00 bits per heavy atom. The van der Waals surface area contributed by atoms with Crippen molar-refractivity contribution < 1.29 is 33.4 Å². The Kier molecular flexibility index (Phi) is 12.2. The number of ether oxygens (including phenoxy) is 2. The van der Waals surface area contributed by atoms with E-state index in [-0.39, 0.29) is 41.6 Å². The largest absolute Gasteiger partial charge is 0.465 e. The molecule has 236 valence electrons. The first-order valence-corrected chi connectivity index (χ1v) is 14.1. The standard InChI is InChI=1S/C30H39N7O7/c1-43-28(41)19-15-20(29(42)44-2)17-21(16-19)35-25(38)23(10-6-12-34-30(32)33)36-26(39)24-11-7-13-37(24)27(40)22(31)14-18-8-4-3-5-9-18/h3-5,8-9,15-17,22-24H,6-7,10-14,31H2,1-2H3,(H,35,38)(H,36,39)(H4,32,33,34)/t22-,23-,24-/m0/s1. The highest BCUT2D eigenvalue weighted by molar-refractivity contribution is 6.02. The number of aliphatic imine (C=N–C) groups is 1. The van der Waals surface area contributed by atoms with E-state index in [4.69, 9.17) is 26.7 Å². The third-order valence-corrected chi connectivity index (χ3v) is 7.08. The quantitative estimate of drug-likeness (QED) is 0.0904. The molecule has 0 bridgehead atoms. The van der Waals surface area contributed by atoms with Crippen molar-refractivity contribution >= 4 is 41.3 Å². The maximum absolute atomic E-state index is 13.5. The molecule has 14 nitrogen and oxygen atoms in total. The van der Waals surface area contributed by atoms with Crippen LogP contribution in [-0.4, -0.2) is 86.0 Å². The van der Waals surface area contributed by atoms with E-state index in [9.17, 15) is 24.0 Å². The zero-order chi connectivity index (χ0) is 32.2. The van der Waals surface area contributed by atoms with Gasteiger partial charge >= 0.3 is 11.9 Å². The molecule has 2 aromatic rings. The minimum absolute atomic E-state index is 0.00555. The van der Waals surface area contributed by atoms with Crippen molar-refractivity contribution in [3.63, 3.8) is 0 Å². The molecule has 0 unspecified atom stereocenters. The van der Waals surface area contributed by atoms with Gasteiger partial charge in [0, 0.05) is 18.8 Å². The highest BCUT2D eigenvalue weighted by atomic mass is 16.5. The van der Waals surface area contributed by atoms with Gasteiger partial charge in [-0.05, 0) is 55.9 Å². The second kappa shape index (κ2) is 16.0. The molecule has 1 fully saturated rings. The predicted molar refractivity (Wildman–Crippen MR) is 162 cm³/mol. The Hall–Kier alpha value is -4.98. The number of anilines is 1. The highest BCUT2D eigenvalue weighted by Gasteiger charge is 2.37. The minimum Gasteiger partial charge on any atom is -0.465 e. The zero-order valence-corrected chi connectivity index (χ0v) is 24.8. The minimum atomic E-state index is -1.07. The van der Waals surface area contributed by atoms with Gasteiger partial charge in [0.05, 0.1) is 31.4 Å². The molecule has 0 spiro atoms. The fourth-order valence-corrected chi connectivity index (χ4v) is 4.91. The van der Waals surface area contributed by atoms with Gasteiger partial charge in [-0.25, -0.2) is 9.59 Å². The number of nitrogens with two attached hydrogens (primary N) is 3. The van der Waals surface area contributed by atoms with Crippen LogP contribution in [0.15, 0.2) is 53.5 Å². The van der Waals surface area contributed by atoms with Crippen molar-refractivity contribution in [3.8, 4) is 0 Å². The lowest BCUT2D eigenvalue weighted by Crippen LogP contribution is -2.54. The highest BCUT2D eigenvalue weighted by Crippen LogP contribution is 2.21. The van der Waals surface area contributed by atoms with Crippen LogP contribution in [0.2, 0.25) is 0 Å². The molecule has 3 rings (SSSR count). The van der Waals surface area contributed by atoms with Crippen LogP contribution in [-0.2, 0) is 30.3 Å². The van der Waals surface area contributed by atoms with Gasteiger partial charge in [-0.2, -0.15) is 0 Å². The normalized spacial score (nSPS) is 15.4. The molecule has 3 amide bonds. The number of hydrogen-bond donors (Lipinski definition) is 5. The van der Waals surface area contributed by atoms with Crippen LogP contribution in [0.25, 0.3) is 0 Å². The monoisotopic (exact) mass is 609 g/mol. The van der Waals surface area contributed by atoms with Gasteiger partial charge in [0.2, 0.25) is 17.7 Å². The van der Waals surface area contributed by atoms with Crippen LogP contribution < -0.4 is 27.8 Å². The Labute approximate surface area is 255 Å². The summed E-state index contributed by atoms with van der Waals surface area (Å²) in [6.07, 6.45) is 1.80. The zero-order valence-electron chi connectivity index (χ0n) is 24.8.